The van der Waals surface area contributed by atoms with Crippen molar-refractivity contribution in [3.05, 3.63) is 59.6 Å². The highest BCUT2D eigenvalue weighted by atomic mass is 19.4. The van der Waals surface area contributed by atoms with Crippen molar-refractivity contribution >= 4 is 5.97 Å². The summed E-state index contributed by atoms with van der Waals surface area (Å²) in [6.07, 6.45) is -7.69. The molecule has 0 radical (unpaired) electrons. The van der Waals surface area contributed by atoms with E-state index in [1.54, 1.807) is 0 Å². The third-order valence-corrected chi connectivity index (χ3v) is 3.79. The van der Waals surface area contributed by atoms with Gasteiger partial charge in [-0.1, -0.05) is 6.58 Å². The van der Waals surface area contributed by atoms with Gasteiger partial charge in [0.1, 0.15) is 30.5 Å². The van der Waals surface area contributed by atoms with Gasteiger partial charge in [-0.25, -0.2) is 9.37 Å². The number of aliphatic hydroxyl groups is 1. The van der Waals surface area contributed by atoms with Crippen LogP contribution < -0.4 is 4.74 Å². The number of esters is 1. The molecule has 1 atom stereocenters. The zero-order valence-electron chi connectivity index (χ0n) is 15.7. The van der Waals surface area contributed by atoms with Crippen molar-refractivity contribution < 1.29 is 36.9 Å². The van der Waals surface area contributed by atoms with Crippen molar-refractivity contribution in [2.75, 3.05) is 13.2 Å². The van der Waals surface area contributed by atoms with E-state index in [0.717, 1.165) is 18.2 Å². The number of hydrogen-bond donors (Lipinski definition) is 1. The second-order valence-electron chi connectivity index (χ2n) is 6.31. The summed E-state index contributed by atoms with van der Waals surface area (Å²) in [4.78, 5) is 14.8. The molecular weight excluding hydrogens is 394 g/mol. The van der Waals surface area contributed by atoms with E-state index in [-0.39, 0.29) is 30.2 Å². The highest BCUT2D eigenvalue weighted by Gasteiger charge is 2.41. The summed E-state index contributed by atoms with van der Waals surface area (Å²) < 4.78 is 62.5. The number of pyridine rings is 1. The van der Waals surface area contributed by atoms with Gasteiger partial charge in [-0.2, -0.15) is 13.2 Å². The molecule has 156 valence electrons. The standard InChI is InChI=1S/C20H19F4NO4/c1-11(9-28-13(3)26)10-29-18-12(2)8-16(19(27)20(22,23)24)25-17(18)14-4-6-15(21)7-5-14/h4-8,19,27H,1,9-10H2,2-3H3. The minimum absolute atomic E-state index is 0.00332. The van der Waals surface area contributed by atoms with Crippen LogP contribution in [0.2, 0.25) is 0 Å². The predicted octanol–water partition coefficient (Wildman–Crippen LogP) is 4.29. The molecule has 2 rings (SSSR count). The lowest BCUT2D eigenvalue weighted by Crippen LogP contribution is -2.22. The second-order valence-corrected chi connectivity index (χ2v) is 6.31. The third-order valence-electron chi connectivity index (χ3n) is 3.79. The molecule has 1 N–H and O–H groups in total. The number of alkyl halides is 3. The number of hydrogen-bond acceptors (Lipinski definition) is 5. The van der Waals surface area contributed by atoms with Crippen LogP contribution in [0.15, 0.2) is 42.5 Å². The molecule has 1 heterocycles. The van der Waals surface area contributed by atoms with Crippen LogP contribution in [0.3, 0.4) is 0 Å². The Morgan fingerprint density at radius 1 is 1.24 bits per heavy atom. The summed E-state index contributed by atoms with van der Waals surface area (Å²) in [7, 11) is 0. The van der Waals surface area contributed by atoms with Gasteiger partial charge in [-0.3, -0.25) is 4.79 Å². The Balaban J connectivity index is 2.42. The topological polar surface area (TPSA) is 68.7 Å². The Kier molecular flexibility index (Phi) is 6.97. The maximum Gasteiger partial charge on any atom is 0.420 e. The number of carbonyl (C=O) groups is 1. The lowest BCUT2D eigenvalue weighted by Gasteiger charge is -2.19. The average molecular weight is 413 g/mol. The molecule has 29 heavy (non-hydrogen) atoms. The fourth-order valence-corrected chi connectivity index (χ4v) is 2.40. The zero-order chi connectivity index (χ0) is 21.8. The zero-order valence-corrected chi connectivity index (χ0v) is 15.7. The Hall–Kier alpha value is -2.94. The van der Waals surface area contributed by atoms with Gasteiger partial charge in [0.2, 0.25) is 0 Å². The molecule has 0 spiro atoms. The summed E-state index contributed by atoms with van der Waals surface area (Å²) >= 11 is 0. The lowest BCUT2D eigenvalue weighted by atomic mass is 10.0. The fraction of sp³-hybridized carbons (Fsp3) is 0.300. The number of carbonyl (C=O) groups excluding carboxylic acids is 1. The quantitative estimate of drug-likeness (QED) is 0.417. The molecule has 0 amide bonds. The molecule has 1 unspecified atom stereocenters. The van der Waals surface area contributed by atoms with Crippen LogP contribution in [0.5, 0.6) is 5.75 Å². The summed E-state index contributed by atoms with van der Waals surface area (Å²) in [5.74, 6) is -0.894. The van der Waals surface area contributed by atoms with Crippen LogP contribution in [0.4, 0.5) is 17.6 Å². The summed E-state index contributed by atoms with van der Waals surface area (Å²) in [6, 6.07) is 5.99. The summed E-state index contributed by atoms with van der Waals surface area (Å²) in [6.45, 7) is 6.25. The van der Waals surface area contributed by atoms with Crippen LogP contribution in [-0.4, -0.2) is 35.4 Å². The van der Waals surface area contributed by atoms with Crippen LogP contribution in [0.1, 0.15) is 24.3 Å². The minimum atomic E-state index is -4.90. The first-order valence-electron chi connectivity index (χ1n) is 8.44. The van der Waals surface area contributed by atoms with Crippen LogP contribution in [0.25, 0.3) is 11.3 Å². The van der Waals surface area contributed by atoms with E-state index >= 15 is 0 Å². The molecule has 0 fully saturated rings. The third kappa shape index (κ3) is 6.02. The highest BCUT2D eigenvalue weighted by molar-refractivity contribution is 5.68. The smallest absolute Gasteiger partial charge is 0.420 e. The number of ether oxygens (including phenoxy) is 2. The first kappa shape index (κ1) is 22.4. The maximum absolute atomic E-state index is 13.3. The van der Waals surface area contributed by atoms with E-state index in [1.807, 2.05) is 0 Å². The van der Waals surface area contributed by atoms with Crippen LogP contribution in [0, 0.1) is 12.7 Å². The molecule has 0 aliphatic carbocycles. The van der Waals surface area contributed by atoms with Gasteiger partial charge in [0.25, 0.3) is 0 Å². The van der Waals surface area contributed by atoms with E-state index < -0.39 is 29.8 Å². The van der Waals surface area contributed by atoms with Crippen molar-refractivity contribution in [2.45, 2.75) is 26.1 Å². The first-order chi connectivity index (χ1) is 13.5. The normalized spacial score (nSPS) is 12.4. The molecule has 0 saturated heterocycles. The fourth-order valence-electron chi connectivity index (χ4n) is 2.40. The van der Waals surface area contributed by atoms with Crippen molar-refractivity contribution in [2.24, 2.45) is 0 Å². The molecule has 2 aromatic rings. The van der Waals surface area contributed by atoms with E-state index in [4.69, 9.17) is 9.47 Å². The summed E-state index contributed by atoms with van der Waals surface area (Å²) in [5, 5.41) is 9.58. The Morgan fingerprint density at radius 3 is 2.41 bits per heavy atom. The molecule has 0 saturated carbocycles. The number of nitrogens with zero attached hydrogens (tertiary/aromatic N) is 1. The first-order valence-corrected chi connectivity index (χ1v) is 8.44. The number of aliphatic hydroxyl groups excluding tert-OH is 1. The van der Waals surface area contributed by atoms with Crippen molar-refractivity contribution in [3.8, 4) is 17.0 Å². The van der Waals surface area contributed by atoms with Gasteiger partial charge in [0, 0.05) is 12.5 Å². The Morgan fingerprint density at radius 2 is 1.86 bits per heavy atom. The number of aromatic nitrogens is 1. The molecule has 5 nitrogen and oxygen atoms in total. The lowest BCUT2D eigenvalue weighted by molar-refractivity contribution is -0.207. The molecular formula is C20H19F4NO4. The van der Waals surface area contributed by atoms with Crippen molar-refractivity contribution in [1.82, 2.24) is 4.98 Å². The van der Waals surface area contributed by atoms with Crippen molar-refractivity contribution in [3.63, 3.8) is 0 Å². The molecule has 0 aliphatic heterocycles. The van der Waals surface area contributed by atoms with E-state index in [9.17, 15) is 27.5 Å². The van der Waals surface area contributed by atoms with Gasteiger partial charge >= 0.3 is 12.1 Å². The molecule has 1 aromatic carbocycles. The minimum Gasteiger partial charge on any atom is -0.487 e. The number of halogens is 4. The van der Waals surface area contributed by atoms with E-state index in [0.29, 0.717) is 11.1 Å². The Bertz CT molecular complexity index is 895. The van der Waals surface area contributed by atoms with E-state index in [2.05, 4.69) is 11.6 Å². The molecule has 1 aromatic heterocycles. The predicted molar refractivity (Wildman–Crippen MR) is 96.7 cm³/mol. The number of benzene rings is 1. The van der Waals surface area contributed by atoms with Gasteiger partial charge in [-0.15, -0.1) is 0 Å². The van der Waals surface area contributed by atoms with Gasteiger partial charge in [-0.05, 0) is 48.4 Å². The number of aryl methyl sites for hydroxylation is 1. The highest BCUT2D eigenvalue weighted by Crippen LogP contribution is 2.37. The van der Waals surface area contributed by atoms with Gasteiger partial charge < -0.3 is 14.6 Å². The number of rotatable bonds is 7. The second kappa shape index (κ2) is 9.04. The van der Waals surface area contributed by atoms with E-state index in [1.165, 1.54) is 26.0 Å². The Labute approximate surface area is 164 Å². The van der Waals surface area contributed by atoms with Gasteiger partial charge in [0.15, 0.2) is 6.10 Å². The largest absolute Gasteiger partial charge is 0.487 e. The molecule has 0 aliphatic rings. The van der Waals surface area contributed by atoms with Crippen LogP contribution >= 0.6 is 0 Å². The van der Waals surface area contributed by atoms with Gasteiger partial charge in [0.05, 0.1) is 5.69 Å². The van der Waals surface area contributed by atoms with Crippen molar-refractivity contribution in [1.29, 1.82) is 0 Å². The van der Waals surface area contributed by atoms with Crippen LogP contribution in [-0.2, 0) is 9.53 Å². The summed E-state index contributed by atoms with van der Waals surface area (Å²) in [5.41, 5.74) is 0.372. The average Bonchev–Trinajstić information content (AvgIpc) is 2.64. The maximum atomic E-state index is 13.3. The monoisotopic (exact) mass is 413 g/mol. The SMILES string of the molecule is C=C(COC(C)=O)COc1c(C)cc(C(O)C(F)(F)F)nc1-c1ccc(F)cc1. The molecule has 0 bridgehead atoms. The molecule has 9 heteroatoms.